The summed E-state index contributed by atoms with van der Waals surface area (Å²) in [5, 5.41) is 40.9. The molecule has 3 aromatic carbocycles. The van der Waals surface area contributed by atoms with Gasteiger partial charge >= 0.3 is 23.9 Å². The zero-order valence-electron chi connectivity index (χ0n) is 36.2. The third-order valence-corrected chi connectivity index (χ3v) is 14.1. The molecule has 1 heterocycles. The van der Waals surface area contributed by atoms with Crippen LogP contribution in [-0.2, 0) is 42.9 Å². The van der Waals surface area contributed by atoms with Gasteiger partial charge in [0.05, 0.1) is 35.6 Å². The summed E-state index contributed by atoms with van der Waals surface area (Å²) in [4.78, 5) is 84.1. The first-order valence-corrected chi connectivity index (χ1v) is 21.5. The Morgan fingerprint density at radius 1 is 0.844 bits per heavy atom. The minimum atomic E-state index is -2.41. The van der Waals surface area contributed by atoms with E-state index in [1.165, 1.54) is 50.2 Å². The van der Waals surface area contributed by atoms with Gasteiger partial charge in [-0.2, -0.15) is 0 Å². The molecule has 3 aliphatic carbocycles. The number of ketones is 1. The molecule has 16 heteroatoms. The Morgan fingerprint density at radius 2 is 1.47 bits per heavy atom. The van der Waals surface area contributed by atoms with Crippen molar-refractivity contribution < 1.29 is 67.8 Å². The Kier molecular flexibility index (Phi) is 12.7. The van der Waals surface area contributed by atoms with Gasteiger partial charge < -0.3 is 44.3 Å². The van der Waals surface area contributed by atoms with Crippen LogP contribution < -0.4 is 5.32 Å². The van der Waals surface area contributed by atoms with Gasteiger partial charge in [0.1, 0.15) is 23.9 Å². The molecule has 64 heavy (non-hydrogen) atoms. The highest BCUT2D eigenvalue weighted by molar-refractivity contribution is 6.30. The zero-order valence-corrected chi connectivity index (χ0v) is 37.0. The number of rotatable bonds is 10. The van der Waals surface area contributed by atoms with Crippen LogP contribution in [0.4, 0.5) is 0 Å². The van der Waals surface area contributed by atoms with Crippen molar-refractivity contribution in [2.45, 2.75) is 115 Å². The highest BCUT2D eigenvalue weighted by Gasteiger charge is 2.77. The number of carbonyl (C=O) groups is 6. The highest BCUT2D eigenvalue weighted by atomic mass is 35.5. The Bertz CT molecular complexity index is 2350. The zero-order chi connectivity index (χ0) is 46.5. The number of esters is 4. The fraction of sp³-hybridized carbons (Fsp3) is 0.458. The second kappa shape index (κ2) is 17.5. The van der Waals surface area contributed by atoms with E-state index in [-0.39, 0.29) is 41.7 Å². The van der Waals surface area contributed by atoms with Crippen molar-refractivity contribution in [3.05, 3.63) is 118 Å². The summed E-state index contributed by atoms with van der Waals surface area (Å²) in [7, 11) is 0. The van der Waals surface area contributed by atoms with Gasteiger partial charge in [-0.3, -0.25) is 19.2 Å². The number of nitrogens with one attached hydrogen (secondary N) is 1. The summed E-state index contributed by atoms with van der Waals surface area (Å²) in [6.45, 7) is 7.99. The van der Waals surface area contributed by atoms with E-state index >= 15 is 4.79 Å². The largest absolute Gasteiger partial charge is 0.456 e. The van der Waals surface area contributed by atoms with Crippen LogP contribution in [0.5, 0.6) is 0 Å². The Morgan fingerprint density at radius 3 is 2.05 bits per heavy atom. The molecule has 0 radical (unpaired) electrons. The van der Waals surface area contributed by atoms with Crippen LogP contribution in [0.3, 0.4) is 0 Å². The maximum atomic E-state index is 15.6. The third-order valence-electron chi connectivity index (χ3n) is 13.8. The van der Waals surface area contributed by atoms with Gasteiger partial charge in [-0.05, 0) is 79.8 Å². The molecule has 0 aromatic heterocycles. The molecule has 0 spiro atoms. The maximum Gasteiger partial charge on any atom is 0.338 e. The topological polar surface area (TPSA) is 221 Å². The van der Waals surface area contributed by atoms with Gasteiger partial charge in [0.2, 0.25) is 0 Å². The lowest BCUT2D eigenvalue weighted by atomic mass is 9.47. The highest BCUT2D eigenvalue weighted by Crippen LogP contribution is 2.63. The predicted octanol–water partition coefficient (Wildman–Crippen LogP) is 4.78. The number of aliphatic hydroxyl groups excluding tert-OH is 2. The number of Topliss-reactive ketones (excluding diaryl/α,β-unsaturated/α-hetero) is 1. The van der Waals surface area contributed by atoms with E-state index < -0.39 is 113 Å². The number of amides is 1. The first kappa shape index (κ1) is 46.5. The second-order valence-electron chi connectivity index (χ2n) is 17.8. The monoisotopic (exact) mass is 901 g/mol. The van der Waals surface area contributed by atoms with Gasteiger partial charge in [-0.15, -0.1) is 0 Å². The summed E-state index contributed by atoms with van der Waals surface area (Å²) < 4.78 is 30.6. The number of benzene rings is 3. The maximum absolute atomic E-state index is 15.6. The molecule has 4 aliphatic rings. The average molecular weight is 902 g/mol. The van der Waals surface area contributed by atoms with Crippen molar-refractivity contribution in [3.8, 4) is 0 Å². The van der Waals surface area contributed by atoms with E-state index in [2.05, 4.69) is 5.32 Å². The summed E-state index contributed by atoms with van der Waals surface area (Å²) in [5.41, 5.74) is -7.22. The number of fused-ring (bicyclic) bond motifs is 5. The third kappa shape index (κ3) is 7.91. The molecule has 340 valence electrons. The summed E-state index contributed by atoms with van der Waals surface area (Å²) in [6.07, 6.45) is -10.3. The number of carbonyl (C=O) groups excluding carboxylic acids is 6. The van der Waals surface area contributed by atoms with E-state index in [4.69, 9.17) is 35.3 Å². The van der Waals surface area contributed by atoms with Gasteiger partial charge in [0.15, 0.2) is 23.6 Å². The molecule has 0 unspecified atom stereocenters. The van der Waals surface area contributed by atoms with Crippen molar-refractivity contribution in [1.82, 2.24) is 5.32 Å². The van der Waals surface area contributed by atoms with Gasteiger partial charge in [0, 0.05) is 36.3 Å². The molecular weight excluding hydrogens is 850 g/mol. The van der Waals surface area contributed by atoms with E-state index in [1.54, 1.807) is 62.4 Å². The lowest BCUT2D eigenvalue weighted by Crippen LogP contribution is -2.78. The van der Waals surface area contributed by atoms with Crippen LogP contribution in [0.15, 0.2) is 96.1 Å². The van der Waals surface area contributed by atoms with Crippen LogP contribution >= 0.6 is 11.6 Å². The predicted molar refractivity (Wildman–Crippen MR) is 227 cm³/mol. The first-order chi connectivity index (χ1) is 30.2. The molecule has 3 aromatic rings. The molecule has 7 rings (SSSR count). The van der Waals surface area contributed by atoms with Crippen LogP contribution in [0.1, 0.15) is 93.1 Å². The second-order valence-corrected chi connectivity index (χ2v) is 18.3. The number of hydrogen-bond donors (Lipinski definition) is 4. The lowest BCUT2D eigenvalue weighted by molar-refractivity contribution is -0.314. The Hall–Kier alpha value is -5.45. The number of ether oxygens (including phenoxy) is 5. The molecule has 2 saturated carbocycles. The SMILES string of the molecule is CC(=O)O[C@H]1C(=O)[C@@]2(C)[C@H]([C@H](OC(=O)c3ccccc3)[C@]3(O)C[C@H](OC(=O)[C@H](O)[C@@H](NC(=O)c4ccc(Cl)cc4)c4ccccc4)C(C)=C1C3(C)C)[C@]1(OC(C)=O)CO[C@@H]1CC[C@@H]2O. The Balaban J connectivity index is 1.39. The van der Waals surface area contributed by atoms with Crippen LogP contribution in [-0.4, -0.2) is 105 Å². The number of halogens is 1. The standard InChI is InChI=1S/C48H52ClNO14/c1-25-32(62-44(58)37(54)36(28-13-9-7-10-14-28)50-42(56)29-17-19-31(49)20-18-29)23-48(59)41(63-43(57)30-15-11-8-12-16-30)39-46(6,40(55)38(61-26(2)51)35(25)45(48,4)5)33(53)21-22-34-47(39,24-60-34)64-27(3)52/h7-20,32-34,36-39,41,53-54,59H,21-24H2,1-6H3,(H,50,56)/t32-,33-,34+,36-,37+,38+,39-,41-,46+,47-,48+/m0/s1. The fourth-order valence-electron chi connectivity index (χ4n) is 10.4. The van der Waals surface area contributed by atoms with Crippen molar-refractivity contribution in [1.29, 1.82) is 0 Å². The lowest BCUT2D eigenvalue weighted by Gasteiger charge is -2.63. The first-order valence-electron chi connectivity index (χ1n) is 21.1. The van der Waals surface area contributed by atoms with Crippen molar-refractivity contribution in [2.24, 2.45) is 16.7 Å². The van der Waals surface area contributed by atoms with Crippen molar-refractivity contribution >= 4 is 47.2 Å². The van der Waals surface area contributed by atoms with E-state index in [1.807, 2.05) is 0 Å². The molecule has 1 amide bonds. The minimum Gasteiger partial charge on any atom is -0.456 e. The smallest absolute Gasteiger partial charge is 0.338 e. The van der Waals surface area contributed by atoms with Gasteiger partial charge in [0.25, 0.3) is 5.91 Å². The molecule has 15 nitrogen and oxygen atoms in total. The molecule has 1 saturated heterocycles. The molecule has 2 bridgehead atoms. The molecule has 1 aliphatic heterocycles. The minimum absolute atomic E-state index is 0.00998. The quantitative estimate of drug-likeness (QED) is 0.122. The van der Waals surface area contributed by atoms with E-state index in [9.17, 15) is 39.3 Å². The average Bonchev–Trinajstić information content (AvgIpc) is 3.30. The van der Waals surface area contributed by atoms with E-state index in [0.717, 1.165) is 13.8 Å². The molecule has 3 fully saturated rings. The normalized spacial score (nSPS) is 31.4. The fourth-order valence-corrected chi connectivity index (χ4v) is 10.5. The van der Waals surface area contributed by atoms with Crippen LogP contribution in [0.25, 0.3) is 0 Å². The van der Waals surface area contributed by atoms with Crippen LogP contribution in [0.2, 0.25) is 5.02 Å². The van der Waals surface area contributed by atoms with Crippen molar-refractivity contribution in [2.75, 3.05) is 6.61 Å². The summed E-state index contributed by atoms with van der Waals surface area (Å²) in [5.74, 6) is -6.94. The summed E-state index contributed by atoms with van der Waals surface area (Å²) in [6, 6.07) is 20.6. The molecule has 4 N–H and O–H groups in total. The van der Waals surface area contributed by atoms with E-state index in [0.29, 0.717) is 10.6 Å². The van der Waals surface area contributed by atoms with Crippen molar-refractivity contribution in [3.63, 3.8) is 0 Å². The Labute approximate surface area is 375 Å². The van der Waals surface area contributed by atoms with Gasteiger partial charge in [-0.1, -0.05) is 74.0 Å². The van der Waals surface area contributed by atoms with Crippen LogP contribution in [0, 0.1) is 16.7 Å². The number of hydrogen-bond acceptors (Lipinski definition) is 14. The molecular formula is C48H52ClNO14. The molecule has 11 atom stereocenters. The number of aliphatic hydroxyl groups is 3. The van der Waals surface area contributed by atoms with Gasteiger partial charge in [-0.25, -0.2) is 9.59 Å². The summed E-state index contributed by atoms with van der Waals surface area (Å²) >= 11 is 6.04.